The maximum absolute atomic E-state index is 13.1. The molecule has 1 aliphatic rings. The highest BCUT2D eigenvalue weighted by Crippen LogP contribution is 2.29. The van der Waals surface area contributed by atoms with E-state index < -0.39 is 0 Å². The summed E-state index contributed by atoms with van der Waals surface area (Å²) in [6, 6.07) is 5.09. The van der Waals surface area contributed by atoms with Crippen LogP contribution in [0.5, 0.6) is 0 Å². The quantitative estimate of drug-likeness (QED) is 0.774. The number of benzene rings is 1. The standard InChI is InChI=1S/C12H16FNS/c1-9(8-15)7-14-5-4-10-2-3-11(13)6-12(10)14/h2-3,6,9,15H,4-5,7-8H2,1H3. The van der Waals surface area contributed by atoms with Crippen LogP contribution in [0, 0.1) is 11.7 Å². The Kier molecular flexibility index (Phi) is 3.19. The normalized spacial score (nSPS) is 16.6. The van der Waals surface area contributed by atoms with Gasteiger partial charge in [-0.25, -0.2) is 4.39 Å². The summed E-state index contributed by atoms with van der Waals surface area (Å²) in [7, 11) is 0. The molecule has 0 spiro atoms. The molecule has 1 aromatic carbocycles. The molecule has 0 saturated heterocycles. The average molecular weight is 225 g/mol. The number of anilines is 1. The van der Waals surface area contributed by atoms with Gasteiger partial charge in [0, 0.05) is 18.8 Å². The van der Waals surface area contributed by atoms with E-state index in [-0.39, 0.29) is 5.82 Å². The first-order valence-corrected chi connectivity index (χ1v) is 5.98. The summed E-state index contributed by atoms with van der Waals surface area (Å²) in [5, 5.41) is 0. The van der Waals surface area contributed by atoms with Crippen molar-refractivity contribution in [2.75, 3.05) is 23.7 Å². The fourth-order valence-corrected chi connectivity index (χ4v) is 2.16. The molecule has 1 nitrogen and oxygen atoms in total. The minimum atomic E-state index is -0.140. The number of nitrogens with zero attached hydrogens (tertiary/aromatic N) is 1. The molecule has 0 aromatic heterocycles. The van der Waals surface area contributed by atoms with E-state index in [0.29, 0.717) is 5.92 Å². The smallest absolute Gasteiger partial charge is 0.125 e. The van der Waals surface area contributed by atoms with Crippen LogP contribution in [0.1, 0.15) is 12.5 Å². The first-order valence-electron chi connectivity index (χ1n) is 5.35. The van der Waals surface area contributed by atoms with E-state index in [1.807, 2.05) is 6.07 Å². The molecule has 3 heteroatoms. The molecule has 2 rings (SSSR count). The van der Waals surface area contributed by atoms with Gasteiger partial charge < -0.3 is 4.90 Å². The van der Waals surface area contributed by atoms with Crippen LogP contribution in [0.25, 0.3) is 0 Å². The van der Waals surface area contributed by atoms with Crippen molar-refractivity contribution in [1.82, 2.24) is 0 Å². The summed E-state index contributed by atoms with van der Waals surface area (Å²) in [4.78, 5) is 2.26. The van der Waals surface area contributed by atoms with E-state index in [0.717, 1.165) is 31.0 Å². The maximum Gasteiger partial charge on any atom is 0.125 e. The second-order valence-corrected chi connectivity index (χ2v) is 4.62. The van der Waals surface area contributed by atoms with Crippen molar-refractivity contribution in [3.63, 3.8) is 0 Å². The predicted molar refractivity (Wildman–Crippen MR) is 65.3 cm³/mol. The van der Waals surface area contributed by atoms with Crippen molar-refractivity contribution in [2.24, 2.45) is 5.92 Å². The van der Waals surface area contributed by atoms with Crippen LogP contribution >= 0.6 is 12.6 Å². The summed E-state index contributed by atoms with van der Waals surface area (Å²) in [5.74, 6) is 1.28. The van der Waals surface area contributed by atoms with E-state index in [2.05, 4.69) is 24.5 Å². The molecule has 0 amide bonds. The first kappa shape index (κ1) is 10.8. The fraction of sp³-hybridized carbons (Fsp3) is 0.500. The number of halogens is 1. The third-order valence-corrected chi connectivity index (χ3v) is 3.51. The Morgan fingerprint density at radius 2 is 2.33 bits per heavy atom. The largest absolute Gasteiger partial charge is 0.371 e. The van der Waals surface area contributed by atoms with Crippen molar-refractivity contribution in [3.05, 3.63) is 29.6 Å². The van der Waals surface area contributed by atoms with Gasteiger partial charge >= 0.3 is 0 Å². The number of rotatable bonds is 3. The van der Waals surface area contributed by atoms with Gasteiger partial charge in [0.15, 0.2) is 0 Å². The van der Waals surface area contributed by atoms with Crippen molar-refractivity contribution in [1.29, 1.82) is 0 Å². The maximum atomic E-state index is 13.1. The second-order valence-electron chi connectivity index (χ2n) is 4.26. The SMILES string of the molecule is CC(CS)CN1CCc2ccc(F)cc21. The summed E-state index contributed by atoms with van der Waals surface area (Å²) in [5.41, 5.74) is 2.34. The molecule has 0 radical (unpaired) electrons. The van der Waals surface area contributed by atoms with Crippen LogP contribution in [-0.4, -0.2) is 18.8 Å². The number of thiol groups is 1. The molecule has 1 aliphatic heterocycles. The lowest BCUT2D eigenvalue weighted by Gasteiger charge is -2.22. The summed E-state index contributed by atoms with van der Waals surface area (Å²) in [6.07, 6.45) is 1.04. The van der Waals surface area contributed by atoms with E-state index in [4.69, 9.17) is 0 Å². The van der Waals surface area contributed by atoms with E-state index >= 15 is 0 Å². The molecule has 15 heavy (non-hydrogen) atoms. The minimum absolute atomic E-state index is 0.140. The Morgan fingerprint density at radius 1 is 1.53 bits per heavy atom. The molecule has 0 N–H and O–H groups in total. The highest BCUT2D eigenvalue weighted by atomic mass is 32.1. The minimum Gasteiger partial charge on any atom is -0.371 e. The first-order chi connectivity index (χ1) is 7.20. The van der Waals surface area contributed by atoms with Gasteiger partial charge in [0.25, 0.3) is 0 Å². The molecule has 0 fully saturated rings. The van der Waals surface area contributed by atoms with Crippen LogP contribution in [0.15, 0.2) is 18.2 Å². The number of hydrogen-bond donors (Lipinski definition) is 1. The van der Waals surface area contributed by atoms with Gasteiger partial charge in [-0.05, 0) is 35.8 Å². The lowest BCUT2D eigenvalue weighted by Crippen LogP contribution is -2.27. The third-order valence-electron chi connectivity index (χ3n) is 2.88. The zero-order chi connectivity index (χ0) is 10.8. The molecular formula is C12H16FNS. The molecule has 1 aromatic rings. The van der Waals surface area contributed by atoms with Gasteiger partial charge in [0.2, 0.25) is 0 Å². The highest BCUT2D eigenvalue weighted by Gasteiger charge is 2.20. The van der Waals surface area contributed by atoms with Gasteiger partial charge in [-0.3, -0.25) is 0 Å². The van der Waals surface area contributed by atoms with Crippen molar-refractivity contribution >= 4 is 18.3 Å². The molecule has 82 valence electrons. The zero-order valence-electron chi connectivity index (χ0n) is 8.91. The molecule has 1 atom stereocenters. The third kappa shape index (κ3) is 2.28. The Bertz CT molecular complexity index is 353. The molecular weight excluding hydrogens is 209 g/mol. The van der Waals surface area contributed by atoms with E-state index in [1.165, 1.54) is 5.56 Å². The monoisotopic (exact) mass is 225 g/mol. The van der Waals surface area contributed by atoms with Gasteiger partial charge in [-0.2, -0.15) is 12.6 Å². The van der Waals surface area contributed by atoms with Gasteiger partial charge in [0.1, 0.15) is 5.82 Å². The highest BCUT2D eigenvalue weighted by molar-refractivity contribution is 7.80. The fourth-order valence-electron chi connectivity index (χ4n) is 2.04. The van der Waals surface area contributed by atoms with Crippen LogP contribution in [0.3, 0.4) is 0 Å². The van der Waals surface area contributed by atoms with Gasteiger partial charge in [0.05, 0.1) is 0 Å². The lowest BCUT2D eigenvalue weighted by atomic mass is 10.1. The molecule has 1 unspecified atom stereocenters. The number of fused-ring (bicyclic) bond motifs is 1. The topological polar surface area (TPSA) is 3.24 Å². The van der Waals surface area contributed by atoms with Crippen LogP contribution < -0.4 is 4.90 Å². The van der Waals surface area contributed by atoms with Crippen LogP contribution in [0.4, 0.5) is 10.1 Å². The van der Waals surface area contributed by atoms with E-state index in [1.54, 1.807) is 12.1 Å². The Balaban J connectivity index is 2.16. The second kappa shape index (κ2) is 4.44. The average Bonchev–Trinajstić information content (AvgIpc) is 2.61. The molecule has 0 aliphatic carbocycles. The Hall–Kier alpha value is -0.700. The summed E-state index contributed by atoms with van der Waals surface area (Å²) >= 11 is 4.28. The summed E-state index contributed by atoms with van der Waals surface area (Å²) < 4.78 is 13.1. The van der Waals surface area contributed by atoms with Crippen LogP contribution in [0.2, 0.25) is 0 Å². The van der Waals surface area contributed by atoms with Crippen molar-refractivity contribution in [2.45, 2.75) is 13.3 Å². The Labute approximate surface area is 95.7 Å². The molecule has 0 saturated carbocycles. The predicted octanol–water partition coefficient (Wildman–Crippen LogP) is 2.75. The zero-order valence-corrected chi connectivity index (χ0v) is 9.80. The molecule has 1 heterocycles. The van der Waals surface area contributed by atoms with Gasteiger partial charge in [-0.1, -0.05) is 13.0 Å². The summed E-state index contributed by atoms with van der Waals surface area (Å²) in [6.45, 7) is 4.15. The lowest BCUT2D eigenvalue weighted by molar-refractivity contribution is 0.619. The van der Waals surface area contributed by atoms with Crippen LogP contribution in [-0.2, 0) is 6.42 Å². The number of hydrogen-bond acceptors (Lipinski definition) is 2. The van der Waals surface area contributed by atoms with Crippen molar-refractivity contribution < 1.29 is 4.39 Å². The molecule has 0 bridgehead atoms. The van der Waals surface area contributed by atoms with Gasteiger partial charge in [-0.15, -0.1) is 0 Å². The Morgan fingerprint density at radius 3 is 3.07 bits per heavy atom. The van der Waals surface area contributed by atoms with Crippen molar-refractivity contribution in [3.8, 4) is 0 Å². The van der Waals surface area contributed by atoms with E-state index in [9.17, 15) is 4.39 Å².